The van der Waals surface area contributed by atoms with Crippen molar-refractivity contribution < 1.29 is 9.31 Å². The molecule has 0 saturated carbocycles. The Hall–Kier alpha value is -3.17. The smallest absolute Gasteiger partial charge is 0.272 e. The van der Waals surface area contributed by atoms with E-state index in [9.17, 15) is 19.3 Å². The summed E-state index contributed by atoms with van der Waals surface area (Å²) in [6.07, 6.45) is 3.19. The second-order valence-corrected chi connectivity index (χ2v) is 8.26. The van der Waals surface area contributed by atoms with Crippen LogP contribution < -0.4 is 10.9 Å². The van der Waals surface area contributed by atoms with Gasteiger partial charge in [-0.15, -0.1) is 0 Å². The van der Waals surface area contributed by atoms with Crippen LogP contribution in [0.25, 0.3) is 11.0 Å². The molecule has 1 aromatic heterocycles. The van der Waals surface area contributed by atoms with Gasteiger partial charge in [-0.1, -0.05) is 12.1 Å². The van der Waals surface area contributed by atoms with Crippen molar-refractivity contribution in [2.75, 3.05) is 19.6 Å². The molecular weight excluding hydrogens is 413 g/mol. The Balaban J connectivity index is 1.30. The normalized spacial score (nSPS) is 15.3. The number of aromatic nitrogens is 2. The number of benzene rings is 2. The third kappa shape index (κ3) is 5.00. The Bertz CT molecular complexity index is 1190. The van der Waals surface area contributed by atoms with Gasteiger partial charge in [0, 0.05) is 37.3 Å². The average molecular weight is 439 g/mol. The third-order valence-corrected chi connectivity index (χ3v) is 6.10. The number of aryl methyl sites for hydroxylation is 1. The first kappa shape index (κ1) is 22.0. The van der Waals surface area contributed by atoms with Gasteiger partial charge in [0.15, 0.2) is 0 Å². The summed E-state index contributed by atoms with van der Waals surface area (Å²) >= 11 is 0. The van der Waals surface area contributed by atoms with Gasteiger partial charge in [-0.05, 0) is 56.6 Å². The van der Waals surface area contributed by atoms with Crippen molar-refractivity contribution >= 4 is 16.7 Å². The van der Waals surface area contributed by atoms with Crippen molar-refractivity contribution in [2.45, 2.75) is 38.9 Å². The van der Waals surface area contributed by atoms with Crippen molar-refractivity contribution in [1.29, 1.82) is 0 Å². The summed E-state index contributed by atoms with van der Waals surface area (Å²) in [4.78, 5) is 29.5. The molecule has 9 heteroatoms. The molecule has 4 rings (SSSR count). The number of fused-ring (bicyclic) bond motifs is 1. The van der Waals surface area contributed by atoms with E-state index in [1.807, 2.05) is 6.07 Å². The zero-order valence-electron chi connectivity index (χ0n) is 18.0. The molecule has 2 heterocycles. The van der Waals surface area contributed by atoms with Gasteiger partial charge in [-0.25, -0.2) is 9.37 Å². The molecule has 32 heavy (non-hydrogen) atoms. The van der Waals surface area contributed by atoms with Gasteiger partial charge in [-0.2, -0.15) is 0 Å². The van der Waals surface area contributed by atoms with E-state index in [-0.39, 0.29) is 22.0 Å². The van der Waals surface area contributed by atoms with E-state index in [1.165, 1.54) is 18.3 Å². The van der Waals surface area contributed by atoms with E-state index in [1.54, 1.807) is 29.7 Å². The molecule has 1 fully saturated rings. The fourth-order valence-electron chi connectivity index (χ4n) is 4.19. The van der Waals surface area contributed by atoms with Crippen molar-refractivity contribution in [3.8, 4) is 0 Å². The number of rotatable bonds is 7. The van der Waals surface area contributed by atoms with Crippen LogP contribution in [-0.2, 0) is 13.1 Å². The third-order valence-electron chi connectivity index (χ3n) is 6.10. The number of piperidine rings is 1. The molecular formula is C23H26FN5O3. The summed E-state index contributed by atoms with van der Waals surface area (Å²) in [5, 5.41) is 14.6. The van der Waals surface area contributed by atoms with Crippen molar-refractivity contribution in [1.82, 2.24) is 19.8 Å². The molecule has 1 aliphatic rings. The van der Waals surface area contributed by atoms with Crippen LogP contribution >= 0.6 is 0 Å². The maximum absolute atomic E-state index is 13.7. The molecule has 1 aliphatic heterocycles. The molecule has 0 aliphatic carbocycles. The van der Waals surface area contributed by atoms with Crippen LogP contribution in [0.4, 0.5) is 10.1 Å². The number of halogens is 1. The van der Waals surface area contributed by atoms with Crippen molar-refractivity contribution in [2.24, 2.45) is 0 Å². The highest BCUT2D eigenvalue weighted by Crippen LogP contribution is 2.20. The van der Waals surface area contributed by atoms with E-state index >= 15 is 0 Å². The highest BCUT2D eigenvalue weighted by atomic mass is 19.1. The predicted molar refractivity (Wildman–Crippen MR) is 120 cm³/mol. The summed E-state index contributed by atoms with van der Waals surface area (Å²) in [5.41, 5.74) is 2.60. The maximum atomic E-state index is 13.7. The van der Waals surface area contributed by atoms with Crippen molar-refractivity contribution in [3.05, 3.63) is 80.0 Å². The van der Waals surface area contributed by atoms with Gasteiger partial charge in [0.1, 0.15) is 5.82 Å². The largest absolute Gasteiger partial charge is 0.310 e. The summed E-state index contributed by atoms with van der Waals surface area (Å²) in [5.74, 6) is -0.385. The van der Waals surface area contributed by atoms with E-state index in [2.05, 4.69) is 15.2 Å². The highest BCUT2D eigenvalue weighted by molar-refractivity contribution is 5.74. The molecule has 2 aromatic carbocycles. The topological polar surface area (TPSA) is 93.3 Å². The van der Waals surface area contributed by atoms with Gasteiger partial charge in [0.25, 0.3) is 11.2 Å². The van der Waals surface area contributed by atoms with E-state index in [0.29, 0.717) is 42.3 Å². The molecule has 0 atom stereocenters. The number of nitrogens with one attached hydrogen (secondary N) is 1. The van der Waals surface area contributed by atoms with Crippen LogP contribution in [0.3, 0.4) is 0 Å². The lowest BCUT2D eigenvalue weighted by molar-refractivity contribution is -0.385. The molecule has 0 unspecified atom stereocenters. The molecule has 168 valence electrons. The van der Waals surface area contributed by atoms with Crippen LogP contribution in [0.15, 0.2) is 47.4 Å². The first-order valence-corrected chi connectivity index (χ1v) is 10.8. The van der Waals surface area contributed by atoms with Crippen LogP contribution in [0, 0.1) is 22.9 Å². The molecule has 0 spiro atoms. The summed E-state index contributed by atoms with van der Waals surface area (Å²) < 4.78 is 15.3. The number of hydrogen-bond acceptors (Lipinski definition) is 6. The SMILES string of the molecule is Cc1ccc(CNC2CCN(CCn3c(=O)cnc4ccc(F)cc43)CC2)cc1[N+](=O)[O-]. The highest BCUT2D eigenvalue weighted by Gasteiger charge is 2.19. The Morgan fingerprint density at radius 3 is 2.72 bits per heavy atom. The second kappa shape index (κ2) is 9.54. The van der Waals surface area contributed by atoms with Gasteiger partial charge >= 0.3 is 0 Å². The maximum Gasteiger partial charge on any atom is 0.272 e. The number of nitro groups is 1. The fourth-order valence-corrected chi connectivity index (χ4v) is 4.19. The molecule has 0 radical (unpaired) electrons. The first-order valence-electron chi connectivity index (χ1n) is 10.8. The van der Waals surface area contributed by atoms with Crippen LogP contribution in [-0.4, -0.2) is 45.1 Å². The number of likely N-dealkylation sites (tertiary alicyclic amines) is 1. The Kier molecular flexibility index (Phi) is 6.57. The predicted octanol–water partition coefficient (Wildman–Crippen LogP) is 3.01. The molecule has 3 aromatic rings. The lowest BCUT2D eigenvalue weighted by atomic mass is 10.0. The van der Waals surface area contributed by atoms with E-state index in [0.717, 1.165) is 31.5 Å². The van der Waals surface area contributed by atoms with E-state index < -0.39 is 0 Å². The van der Waals surface area contributed by atoms with Gasteiger partial charge in [0.05, 0.1) is 22.2 Å². The van der Waals surface area contributed by atoms with Crippen LogP contribution in [0.1, 0.15) is 24.0 Å². The molecule has 1 N–H and O–H groups in total. The Morgan fingerprint density at radius 2 is 1.97 bits per heavy atom. The summed E-state index contributed by atoms with van der Waals surface area (Å²) in [7, 11) is 0. The zero-order chi connectivity index (χ0) is 22.7. The lowest BCUT2D eigenvalue weighted by Crippen LogP contribution is -2.43. The number of nitro benzene ring substituents is 1. The van der Waals surface area contributed by atoms with Gasteiger partial charge in [-0.3, -0.25) is 14.9 Å². The molecule has 0 amide bonds. The lowest BCUT2D eigenvalue weighted by Gasteiger charge is -2.32. The number of nitrogens with zero attached hydrogens (tertiary/aromatic N) is 4. The average Bonchev–Trinajstić information content (AvgIpc) is 2.78. The molecule has 1 saturated heterocycles. The monoisotopic (exact) mass is 439 g/mol. The fraction of sp³-hybridized carbons (Fsp3) is 0.391. The van der Waals surface area contributed by atoms with Crippen LogP contribution in [0.2, 0.25) is 0 Å². The Labute approximate surface area is 184 Å². The minimum absolute atomic E-state index is 0.151. The van der Waals surface area contributed by atoms with Crippen LogP contribution in [0.5, 0.6) is 0 Å². The van der Waals surface area contributed by atoms with E-state index in [4.69, 9.17) is 0 Å². The molecule has 0 bridgehead atoms. The quantitative estimate of drug-likeness (QED) is 0.449. The van der Waals surface area contributed by atoms with Crippen molar-refractivity contribution in [3.63, 3.8) is 0 Å². The first-order chi connectivity index (χ1) is 15.4. The number of hydrogen-bond donors (Lipinski definition) is 1. The standard InChI is InChI=1S/C23H26FN5O3/c1-16-2-3-17(12-21(16)29(31)32)14-25-19-6-8-27(9-7-19)10-11-28-22-13-18(24)4-5-20(22)26-15-23(28)30/h2-5,12-13,15,19,25H,6-11,14H2,1H3. The minimum atomic E-state index is -0.385. The summed E-state index contributed by atoms with van der Waals surface area (Å²) in [6, 6.07) is 9.97. The second-order valence-electron chi connectivity index (χ2n) is 8.26. The zero-order valence-corrected chi connectivity index (χ0v) is 18.0. The summed E-state index contributed by atoms with van der Waals surface area (Å²) in [6.45, 7) is 5.29. The minimum Gasteiger partial charge on any atom is -0.310 e. The van der Waals surface area contributed by atoms with Gasteiger partial charge < -0.3 is 14.8 Å². The molecule has 8 nitrogen and oxygen atoms in total. The van der Waals surface area contributed by atoms with Gasteiger partial charge in [0.2, 0.25) is 0 Å². The Morgan fingerprint density at radius 1 is 1.19 bits per heavy atom.